The van der Waals surface area contributed by atoms with E-state index in [1.54, 1.807) is 12.4 Å². The number of carbonyl (C=O) groups is 1. The quantitative estimate of drug-likeness (QED) is 0.541. The highest BCUT2D eigenvalue weighted by Gasteiger charge is 2.15. The first-order chi connectivity index (χ1) is 13.4. The van der Waals surface area contributed by atoms with Gasteiger partial charge in [0.15, 0.2) is 11.5 Å². The molecule has 0 fully saturated rings. The molecule has 0 aliphatic rings. The number of amides is 2. The average Bonchev–Trinajstić information content (AvgIpc) is 2.65. The molecule has 3 aromatic rings. The molecule has 3 rings (SSSR count). The molecule has 0 bridgehead atoms. The molecule has 0 spiro atoms. The van der Waals surface area contributed by atoms with Crippen molar-refractivity contribution >= 4 is 50.4 Å². The molecule has 9 heteroatoms. The SMILES string of the molecule is CCc1cnccc1Nc1ncc2c(C)c(Br)c(NC(=O)NC(C)C)nc2n1. The topological polar surface area (TPSA) is 105 Å². The molecule has 0 atom stereocenters. The van der Waals surface area contributed by atoms with E-state index in [1.807, 2.05) is 33.0 Å². The standard InChI is InChI=1S/C19H22BrN7O/c1-5-12-8-21-7-6-14(12)24-18-22-9-13-11(4)15(20)17(25-16(13)26-18)27-19(28)23-10(2)3/h6-10H,5H2,1-4H3,(H3,21,22,23,24,25,26,27,28). The molecular formula is C19H22BrN7O. The van der Waals surface area contributed by atoms with Gasteiger partial charge in [0, 0.05) is 35.7 Å². The second-order valence-electron chi connectivity index (χ2n) is 6.59. The summed E-state index contributed by atoms with van der Waals surface area (Å²) in [5.41, 5.74) is 3.36. The van der Waals surface area contributed by atoms with Crippen LogP contribution < -0.4 is 16.0 Å². The second kappa shape index (κ2) is 8.47. The van der Waals surface area contributed by atoms with Crippen LogP contribution in [0.25, 0.3) is 11.0 Å². The van der Waals surface area contributed by atoms with Gasteiger partial charge >= 0.3 is 6.03 Å². The van der Waals surface area contributed by atoms with Crippen LogP contribution in [0.4, 0.5) is 22.2 Å². The lowest BCUT2D eigenvalue weighted by molar-refractivity contribution is 0.250. The lowest BCUT2D eigenvalue weighted by atomic mass is 10.2. The van der Waals surface area contributed by atoms with Crippen molar-refractivity contribution in [2.75, 3.05) is 10.6 Å². The minimum Gasteiger partial charge on any atom is -0.336 e. The number of nitrogens with one attached hydrogen (secondary N) is 3. The third-order valence-corrected chi connectivity index (χ3v) is 5.08. The summed E-state index contributed by atoms with van der Waals surface area (Å²) in [5, 5.41) is 9.57. The van der Waals surface area contributed by atoms with Crippen molar-refractivity contribution in [3.05, 3.63) is 40.3 Å². The zero-order valence-electron chi connectivity index (χ0n) is 16.2. The summed E-state index contributed by atoms with van der Waals surface area (Å²) in [5.74, 6) is 0.839. The summed E-state index contributed by atoms with van der Waals surface area (Å²) < 4.78 is 0.700. The molecule has 3 aromatic heterocycles. The van der Waals surface area contributed by atoms with Crippen LogP contribution in [0.5, 0.6) is 0 Å². The van der Waals surface area contributed by atoms with E-state index < -0.39 is 0 Å². The van der Waals surface area contributed by atoms with Gasteiger partial charge in [0.2, 0.25) is 5.95 Å². The minimum atomic E-state index is -0.321. The van der Waals surface area contributed by atoms with E-state index in [0.29, 0.717) is 21.9 Å². The molecule has 28 heavy (non-hydrogen) atoms. The fraction of sp³-hybridized carbons (Fsp3) is 0.316. The summed E-state index contributed by atoms with van der Waals surface area (Å²) in [6, 6.07) is 1.58. The van der Waals surface area contributed by atoms with Gasteiger partial charge in [0.1, 0.15) is 0 Å². The maximum atomic E-state index is 12.1. The molecule has 8 nitrogen and oxygen atoms in total. The molecule has 0 saturated heterocycles. The molecule has 0 radical (unpaired) electrons. The van der Waals surface area contributed by atoms with Crippen molar-refractivity contribution in [1.82, 2.24) is 25.3 Å². The zero-order chi connectivity index (χ0) is 20.3. The number of hydrogen-bond acceptors (Lipinski definition) is 6. The van der Waals surface area contributed by atoms with Crippen LogP contribution in [-0.2, 0) is 6.42 Å². The van der Waals surface area contributed by atoms with Gasteiger partial charge in [-0.25, -0.2) is 14.8 Å². The summed E-state index contributed by atoms with van der Waals surface area (Å²) in [4.78, 5) is 29.7. The largest absolute Gasteiger partial charge is 0.336 e. The Morgan fingerprint density at radius 1 is 1.25 bits per heavy atom. The minimum absolute atomic E-state index is 0.0200. The highest BCUT2D eigenvalue weighted by Crippen LogP contribution is 2.30. The normalized spacial score (nSPS) is 10.9. The zero-order valence-corrected chi connectivity index (χ0v) is 17.8. The fourth-order valence-electron chi connectivity index (χ4n) is 2.67. The Morgan fingerprint density at radius 2 is 2.04 bits per heavy atom. The Hall–Kier alpha value is -2.81. The molecule has 0 aliphatic carbocycles. The maximum Gasteiger partial charge on any atom is 0.320 e. The second-order valence-corrected chi connectivity index (χ2v) is 7.39. The van der Waals surface area contributed by atoms with E-state index in [4.69, 9.17) is 0 Å². The van der Waals surface area contributed by atoms with Crippen LogP contribution in [0.2, 0.25) is 0 Å². The van der Waals surface area contributed by atoms with Crippen molar-refractivity contribution in [3.63, 3.8) is 0 Å². The first-order valence-electron chi connectivity index (χ1n) is 8.99. The van der Waals surface area contributed by atoms with Gasteiger partial charge in [-0.3, -0.25) is 10.3 Å². The Morgan fingerprint density at radius 3 is 2.75 bits per heavy atom. The lowest BCUT2D eigenvalue weighted by Crippen LogP contribution is -2.34. The number of urea groups is 1. The molecule has 146 valence electrons. The predicted molar refractivity (Wildman–Crippen MR) is 114 cm³/mol. The highest BCUT2D eigenvalue weighted by atomic mass is 79.9. The predicted octanol–water partition coefficient (Wildman–Crippen LogP) is 4.33. The first kappa shape index (κ1) is 19.9. The van der Waals surface area contributed by atoms with E-state index in [0.717, 1.165) is 28.6 Å². The van der Waals surface area contributed by atoms with Crippen LogP contribution in [0.1, 0.15) is 31.9 Å². The van der Waals surface area contributed by atoms with Crippen molar-refractivity contribution in [1.29, 1.82) is 0 Å². The summed E-state index contributed by atoms with van der Waals surface area (Å²) in [7, 11) is 0. The summed E-state index contributed by atoms with van der Waals surface area (Å²) in [6.45, 7) is 7.77. The molecule has 2 amide bonds. The number of nitrogens with zero attached hydrogens (tertiary/aromatic N) is 4. The van der Waals surface area contributed by atoms with Crippen molar-refractivity contribution in [2.45, 2.75) is 40.2 Å². The maximum absolute atomic E-state index is 12.1. The Kier molecular flexibility index (Phi) is 6.03. The van der Waals surface area contributed by atoms with Gasteiger partial charge in [-0.05, 0) is 60.3 Å². The van der Waals surface area contributed by atoms with Crippen LogP contribution in [0.3, 0.4) is 0 Å². The van der Waals surface area contributed by atoms with E-state index in [2.05, 4.69) is 58.7 Å². The Balaban J connectivity index is 1.96. The highest BCUT2D eigenvalue weighted by molar-refractivity contribution is 9.10. The smallest absolute Gasteiger partial charge is 0.320 e. The summed E-state index contributed by atoms with van der Waals surface area (Å²) >= 11 is 3.50. The fourth-order valence-corrected chi connectivity index (χ4v) is 3.07. The van der Waals surface area contributed by atoms with E-state index >= 15 is 0 Å². The number of aryl methyl sites for hydroxylation is 2. The number of hydrogen-bond donors (Lipinski definition) is 3. The van der Waals surface area contributed by atoms with Gasteiger partial charge in [-0.15, -0.1) is 0 Å². The van der Waals surface area contributed by atoms with E-state index in [9.17, 15) is 4.79 Å². The molecule has 0 aliphatic heterocycles. The van der Waals surface area contributed by atoms with E-state index in [-0.39, 0.29) is 12.1 Å². The van der Waals surface area contributed by atoms with Crippen LogP contribution in [0.15, 0.2) is 29.1 Å². The third kappa shape index (κ3) is 4.36. The lowest BCUT2D eigenvalue weighted by Gasteiger charge is -2.14. The van der Waals surface area contributed by atoms with Crippen molar-refractivity contribution < 1.29 is 4.79 Å². The molecule has 3 N–H and O–H groups in total. The molecular weight excluding hydrogens is 422 g/mol. The number of halogens is 1. The number of fused-ring (bicyclic) bond motifs is 1. The number of rotatable bonds is 5. The van der Waals surface area contributed by atoms with Crippen LogP contribution in [0, 0.1) is 6.92 Å². The van der Waals surface area contributed by atoms with Crippen molar-refractivity contribution in [2.24, 2.45) is 0 Å². The number of pyridine rings is 2. The number of anilines is 3. The first-order valence-corrected chi connectivity index (χ1v) is 9.78. The van der Waals surface area contributed by atoms with Gasteiger partial charge < -0.3 is 10.6 Å². The van der Waals surface area contributed by atoms with Crippen LogP contribution in [-0.4, -0.2) is 32.0 Å². The van der Waals surface area contributed by atoms with E-state index in [1.165, 1.54) is 0 Å². The van der Waals surface area contributed by atoms with Gasteiger partial charge in [-0.1, -0.05) is 6.92 Å². The molecule has 0 aromatic carbocycles. The molecule has 0 unspecified atom stereocenters. The van der Waals surface area contributed by atoms with Gasteiger partial charge in [-0.2, -0.15) is 4.98 Å². The third-order valence-electron chi connectivity index (χ3n) is 4.11. The monoisotopic (exact) mass is 443 g/mol. The van der Waals surface area contributed by atoms with Crippen LogP contribution >= 0.6 is 15.9 Å². The van der Waals surface area contributed by atoms with Gasteiger partial charge in [0.25, 0.3) is 0 Å². The van der Waals surface area contributed by atoms with Gasteiger partial charge in [0.05, 0.1) is 4.47 Å². The Bertz CT molecular complexity index is 1020. The number of carbonyl (C=O) groups excluding carboxylic acids is 1. The Labute approximate surface area is 171 Å². The van der Waals surface area contributed by atoms with Crippen molar-refractivity contribution in [3.8, 4) is 0 Å². The molecule has 3 heterocycles. The average molecular weight is 444 g/mol. The number of aromatic nitrogens is 4. The summed E-state index contributed by atoms with van der Waals surface area (Å²) in [6.07, 6.45) is 6.10. The molecule has 0 saturated carbocycles.